The smallest absolute Gasteiger partial charge is 0.170 e. The Hall–Kier alpha value is -1.66. The number of likely N-dealkylation sites (N-methyl/N-ethyl adjacent to an activating group) is 1. The molecule has 6 heteroatoms. The lowest BCUT2D eigenvalue weighted by atomic mass is 10.1. The maximum atomic E-state index is 10.9. The number of ether oxygens (including phenoxy) is 1. The Labute approximate surface area is 125 Å². The van der Waals surface area contributed by atoms with Crippen LogP contribution in [-0.2, 0) is 13.0 Å². The van der Waals surface area contributed by atoms with Gasteiger partial charge in [0.15, 0.2) is 12.1 Å². The van der Waals surface area contributed by atoms with Gasteiger partial charge in [0.1, 0.15) is 18.1 Å². The minimum Gasteiger partial charge on any atom is -0.483 e. The minimum atomic E-state index is 0.378. The fraction of sp³-hybridized carbons (Fsp3) is 0.286. The van der Waals surface area contributed by atoms with Gasteiger partial charge in [0.05, 0.1) is 5.69 Å². The molecule has 1 N–H and O–H groups in total. The maximum absolute atomic E-state index is 10.9. The second kappa shape index (κ2) is 5.38. The summed E-state index contributed by atoms with van der Waals surface area (Å²) in [5.74, 6) is 1.55. The molecule has 3 rings (SSSR count). The number of nitrogens with one attached hydrogen (secondary N) is 1. The largest absolute Gasteiger partial charge is 0.483 e. The lowest BCUT2D eigenvalue weighted by Gasteiger charge is -2.21. The zero-order valence-corrected chi connectivity index (χ0v) is 12.6. The van der Waals surface area contributed by atoms with Gasteiger partial charge in [-0.2, -0.15) is 0 Å². The highest BCUT2D eigenvalue weighted by atomic mass is 79.9. The molecule has 2 aromatic rings. The van der Waals surface area contributed by atoms with Crippen LogP contribution >= 0.6 is 15.9 Å². The molecule has 104 valence electrons. The molecule has 1 aromatic heterocycles. The van der Waals surface area contributed by atoms with Crippen LogP contribution in [0.2, 0.25) is 0 Å². The Kier molecular flexibility index (Phi) is 3.58. The summed E-state index contributed by atoms with van der Waals surface area (Å²) in [5.41, 5.74) is 2.55. The van der Waals surface area contributed by atoms with Crippen molar-refractivity contribution in [2.45, 2.75) is 13.0 Å². The zero-order chi connectivity index (χ0) is 14.1. The lowest BCUT2D eigenvalue weighted by molar-refractivity contribution is 0.111. The van der Waals surface area contributed by atoms with Crippen molar-refractivity contribution in [3.8, 4) is 11.4 Å². The van der Waals surface area contributed by atoms with E-state index in [1.807, 2.05) is 17.7 Å². The van der Waals surface area contributed by atoms with E-state index < -0.39 is 0 Å². The van der Waals surface area contributed by atoms with Crippen molar-refractivity contribution in [3.05, 3.63) is 39.9 Å². The molecule has 0 saturated carbocycles. The van der Waals surface area contributed by atoms with Crippen LogP contribution in [-0.4, -0.2) is 29.4 Å². The Morgan fingerprint density at radius 1 is 1.55 bits per heavy atom. The number of nitrogens with zero attached hydrogens (tertiary/aromatic N) is 2. The van der Waals surface area contributed by atoms with Gasteiger partial charge in [-0.25, -0.2) is 4.98 Å². The highest BCUT2D eigenvalue weighted by molar-refractivity contribution is 9.10. The molecule has 0 saturated heterocycles. The molecule has 0 atom stereocenters. The predicted molar refractivity (Wildman–Crippen MR) is 78.6 cm³/mol. The van der Waals surface area contributed by atoms with E-state index in [0.29, 0.717) is 12.3 Å². The minimum absolute atomic E-state index is 0.378. The van der Waals surface area contributed by atoms with Crippen LogP contribution in [0.1, 0.15) is 21.9 Å². The van der Waals surface area contributed by atoms with Gasteiger partial charge < -0.3 is 10.1 Å². The van der Waals surface area contributed by atoms with Crippen LogP contribution in [0.4, 0.5) is 0 Å². The number of hydrogen-bond acceptors (Lipinski definition) is 4. The highest BCUT2D eigenvalue weighted by Gasteiger charge is 2.20. The molecule has 0 unspecified atom stereocenters. The molecule has 0 aliphatic carbocycles. The second-order valence-electron chi connectivity index (χ2n) is 4.62. The van der Waals surface area contributed by atoms with E-state index in [9.17, 15) is 4.79 Å². The van der Waals surface area contributed by atoms with Crippen molar-refractivity contribution >= 4 is 22.2 Å². The maximum Gasteiger partial charge on any atom is 0.170 e. The Balaban J connectivity index is 2.07. The topological polar surface area (TPSA) is 56.1 Å². The number of carbonyl (C=O) groups excluding carboxylic acids is 1. The van der Waals surface area contributed by atoms with E-state index in [1.165, 1.54) is 5.56 Å². The number of rotatable bonds is 4. The summed E-state index contributed by atoms with van der Waals surface area (Å²) in [7, 11) is 1.93. The van der Waals surface area contributed by atoms with Gasteiger partial charge in [-0.15, -0.1) is 0 Å². The van der Waals surface area contributed by atoms with Gasteiger partial charge in [0, 0.05) is 10.7 Å². The molecule has 5 nitrogen and oxygen atoms in total. The Morgan fingerprint density at radius 3 is 3.15 bits per heavy atom. The van der Waals surface area contributed by atoms with Crippen LogP contribution in [0.25, 0.3) is 5.69 Å². The molecule has 0 amide bonds. The molecule has 0 fully saturated rings. The van der Waals surface area contributed by atoms with Crippen molar-refractivity contribution in [2.75, 3.05) is 13.6 Å². The predicted octanol–water partition coefficient (Wildman–Crippen LogP) is 2.10. The molecule has 1 aliphatic rings. The Morgan fingerprint density at radius 2 is 2.40 bits per heavy atom. The molecule has 20 heavy (non-hydrogen) atoms. The fourth-order valence-corrected chi connectivity index (χ4v) is 2.81. The van der Waals surface area contributed by atoms with Gasteiger partial charge >= 0.3 is 0 Å². The number of aromatic nitrogens is 2. The number of imidazole rings is 1. The van der Waals surface area contributed by atoms with E-state index in [2.05, 4.69) is 32.3 Å². The van der Waals surface area contributed by atoms with Gasteiger partial charge in [-0.05, 0) is 37.7 Å². The first-order chi connectivity index (χ1) is 9.72. The average molecular weight is 336 g/mol. The van der Waals surface area contributed by atoms with Crippen LogP contribution in [0.5, 0.6) is 5.75 Å². The molecule has 0 spiro atoms. The van der Waals surface area contributed by atoms with E-state index in [0.717, 1.165) is 41.0 Å². The average Bonchev–Trinajstić information content (AvgIpc) is 2.88. The van der Waals surface area contributed by atoms with Crippen LogP contribution in [0.3, 0.4) is 0 Å². The molecule has 1 aliphatic heterocycles. The summed E-state index contributed by atoms with van der Waals surface area (Å²) in [6.07, 6.45) is 3.42. The van der Waals surface area contributed by atoms with Gasteiger partial charge in [0.2, 0.25) is 0 Å². The molecular weight excluding hydrogens is 322 g/mol. The standard InChI is InChI=1S/C14H14BrN3O2/c1-16-3-2-9-4-12-13(5-11(9)15)20-8-14-17-10(7-19)6-18(12)14/h4-7,16H,2-3,8H2,1H3. The number of carbonyl (C=O) groups is 1. The monoisotopic (exact) mass is 335 g/mol. The summed E-state index contributed by atoms with van der Waals surface area (Å²) in [6.45, 7) is 1.28. The molecular formula is C14H14BrN3O2. The second-order valence-corrected chi connectivity index (χ2v) is 5.48. The summed E-state index contributed by atoms with van der Waals surface area (Å²) >= 11 is 3.58. The van der Waals surface area contributed by atoms with Crippen molar-refractivity contribution in [3.63, 3.8) is 0 Å². The molecule has 1 aromatic carbocycles. The van der Waals surface area contributed by atoms with Crippen molar-refractivity contribution in [1.29, 1.82) is 0 Å². The first kappa shape index (κ1) is 13.3. The zero-order valence-electron chi connectivity index (χ0n) is 11.0. The SMILES string of the molecule is CNCCc1cc2c(cc1Br)OCc1nc(C=O)cn1-2. The van der Waals surface area contributed by atoms with Gasteiger partial charge in [0.25, 0.3) is 0 Å². The van der Waals surface area contributed by atoms with E-state index >= 15 is 0 Å². The Bertz CT molecular complexity index is 667. The number of benzene rings is 1. The number of aldehydes is 1. The lowest BCUT2D eigenvalue weighted by Crippen LogP contribution is -2.14. The van der Waals surface area contributed by atoms with E-state index in [-0.39, 0.29) is 0 Å². The third-order valence-electron chi connectivity index (χ3n) is 3.31. The number of hydrogen-bond donors (Lipinski definition) is 1. The first-order valence-corrected chi connectivity index (χ1v) is 7.16. The molecule has 0 bridgehead atoms. The third kappa shape index (κ3) is 2.25. The van der Waals surface area contributed by atoms with Crippen molar-refractivity contribution in [1.82, 2.24) is 14.9 Å². The van der Waals surface area contributed by atoms with Gasteiger partial charge in [-0.3, -0.25) is 9.36 Å². The quantitative estimate of drug-likeness (QED) is 0.869. The summed E-state index contributed by atoms with van der Waals surface area (Å²) in [5, 5.41) is 3.14. The number of halogens is 1. The first-order valence-electron chi connectivity index (χ1n) is 6.36. The summed E-state index contributed by atoms with van der Waals surface area (Å²) < 4.78 is 8.66. The van der Waals surface area contributed by atoms with Crippen LogP contribution in [0.15, 0.2) is 22.8 Å². The summed E-state index contributed by atoms with van der Waals surface area (Å²) in [4.78, 5) is 15.1. The van der Waals surface area contributed by atoms with E-state index in [4.69, 9.17) is 4.74 Å². The summed E-state index contributed by atoms with van der Waals surface area (Å²) in [6, 6.07) is 4.06. The van der Waals surface area contributed by atoms with E-state index in [1.54, 1.807) is 6.20 Å². The van der Waals surface area contributed by atoms with Gasteiger partial charge in [-0.1, -0.05) is 15.9 Å². The van der Waals surface area contributed by atoms with Crippen LogP contribution < -0.4 is 10.1 Å². The molecule has 2 heterocycles. The fourth-order valence-electron chi connectivity index (χ4n) is 2.29. The highest BCUT2D eigenvalue weighted by Crippen LogP contribution is 2.34. The van der Waals surface area contributed by atoms with Crippen LogP contribution in [0, 0.1) is 0 Å². The normalized spacial score (nSPS) is 12.5. The molecule has 0 radical (unpaired) electrons. The number of fused-ring (bicyclic) bond motifs is 3. The van der Waals surface area contributed by atoms with Crippen molar-refractivity contribution < 1.29 is 9.53 Å². The third-order valence-corrected chi connectivity index (χ3v) is 4.05. The van der Waals surface area contributed by atoms with Crippen molar-refractivity contribution in [2.24, 2.45) is 0 Å².